The molecule has 0 aliphatic rings. The van der Waals surface area contributed by atoms with Gasteiger partial charge in [-0.05, 0) is 45.2 Å². The van der Waals surface area contributed by atoms with E-state index in [1.54, 1.807) is 11.3 Å². The number of hydrogen-bond donors (Lipinski definition) is 1. The zero-order valence-corrected chi connectivity index (χ0v) is 10.7. The number of hydrogen-bond acceptors (Lipinski definition) is 2. The molecule has 5 heteroatoms. The second kappa shape index (κ2) is 4.93. The third kappa shape index (κ3) is 3.25. The Balaban J connectivity index is 2.54. The monoisotopic (exact) mass is 278 g/mol. The average molecular weight is 279 g/mol. The quantitative estimate of drug-likeness (QED) is 0.837. The van der Waals surface area contributed by atoms with Crippen LogP contribution in [0.25, 0.3) is 0 Å². The number of halogens is 1. The molecule has 1 rings (SSSR count). The van der Waals surface area contributed by atoms with Crippen molar-refractivity contribution >= 4 is 44.6 Å². The minimum Gasteiger partial charge on any atom is -0.366 e. The van der Waals surface area contributed by atoms with E-state index < -0.39 is 0 Å². The predicted octanol–water partition coefficient (Wildman–Crippen LogP) is 2.45. The molecular weight excluding hydrogens is 268 g/mol. The Morgan fingerprint density at radius 3 is 2.92 bits per heavy atom. The summed E-state index contributed by atoms with van der Waals surface area (Å²) >= 11 is 10.2. The number of nitrogens with zero attached hydrogens (tertiary/aromatic N) is 1. The van der Waals surface area contributed by atoms with Gasteiger partial charge in [-0.1, -0.05) is 0 Å². The normalized spacial score (nSPS) is 9.77. The van der Waals surface area contributed by atoms with E-state index in [0.717, 1.165) is 15.4 Å². The summed E-state index contributed by atoms with van der Waals surface area (Å²) in [6, 6.07) is 2.11. The van der Waals surface area contributed by atoms with Crippen LogP contribution in [-0.4, -0.2) is 24.1 Å². The van der Waals surface area contributed by atoms with Crippen LogP contribution in [0.5, 0.6) is 0 Å². The van der Waals surface area contributed by atoms with Crippen LogP contribution in [0.1, 0.15) is 5.56 Å². The highest BCUT2D eigenvalue weighted by Crippen LogP contribution is 2.21. The zero-order chi connectivity index (χ0) is 9.84. The summed E-state index contributed by atoms with van der Waals surface area (Å²) in [6.45, 7) is 0.849. The van der Waals surface area contributed by atoms with Crippen molar-refractivity contribution in [3.8, 4) is 0 Å². The first-order valence-electron chi connectivity index (χ1n) is 3.79. The molecule has 0 atom stereocenters. The highest BCUT2D eigenvalue weighted by molar-refractivity contribution is 9.11. The second-order valence-electron chi connectivity index (χ2n) is 2.67. The molecule has 0 fully saturated rings. The van der Waals surface area contributed by atoms with Gasteiger partial charge in [0, 0.05) is 20.6 Å². The van der Waals surface area contributed by atoms with E-state index in [-0.39, 0.29) is 0 Å². The molecule has 2 nitrogen and oxygen atoms in total. The van der Waals surface area contributed by atoms with Gasteiger partial charge in [0.2, 0.25) is 0 Å². The molecule has 1 N–H and O–H groups in total. The Hall–Kier alpha value is -0.130. The van der Waals surface area contributed by atoms with Gasteiger partial charge in [0.05, 0.1) is 3.79 Å². The minimum absolute atomic E-state index is 0.766. The Kier molecular flexibility index (Phi) is 4.15. The maximum Gasteiger partial charge on any atom is 0.168 e. The van der Waals surface area contributed by atoms with E-state index in [2.05, 4.69) is 32.7 Å². The first-order valence-corrected chi connectivity index (χ1v) is 5.87. The molecule has 0 aliphatic carbocycles. The van der Waals surface area contributed by atoms with Crippen molar-refractivity contribution in [2.24, 2.45) is 0 Å². The van der Waals surface area contributed by atoms with Crippen molar-refractivity contribution in [1.82, 2.24) is 10.2 Å². The summed E-state index contributed by atoms with van der Waals surface area (Å²) in [5.74, 6) is 0. The van der Waals surface area contributed by atoms with E-state index in [4.69, 9.17) is 12.2 Å². The lowest BCUT2D eigenvalue weighted by Crippen LogP contribution is -2.33. The lowest BCUT2D eigenvalue weighted by atomic mass is 10.3. The van der Waals surface area contributed by atoms with Crippen LogP contribution in [0.15, 0.2) is 15.2 Å². The van der Waals surface area contributed by atoms with Gasteiger partial charge in [0.25, 0.3) is 0 Å². The van der Waals surface area contributed by atoms with Crippen LogP contribution in [0.2, 0.25) is 0 Å². The molecule has 0 amide bonds. The molecule has 1 aromatic rings. The van der Waals surface area contributed by atoms with Gasteiger partial charge in [-0.25, -0.2) is 0 Å². The summed E-state index contributed by atoms with van der Waals surface area (Å²) in [4.78, 5) is 2.00. The van der Waals surface area contributed by atoms with Crippen LogP contribution in [0.3, 0.4) is 0 Å². The molecule has 0 aliphatic heterocycles. The number of nitrogens with one attached hydrogen (secondary N) is 1. The summed E-state index contributed by atoms with van der Waals surface area (Å²) in [7, 11) is 3.81. The van der Waals surface area contributed by atoms with Crippen LogP contribution in [-0.2, 0) is 6.54 Å². The fourth-order valence-corrected chi connectivity index (χ4v) is 2.23. The van der Waals surface area contributed by atoms with Crippen LogP contribution >= 0.6 is 39.5 Å². The first kappa shape index (κ1) is 10.9. The van der Waals surface area contributed by atoms with Crippen molar-refractivity contribution in [3.63, 3.8) is 0 Å². The van der Waals surface area contributed by atoms with Crippen molar-refractivity contribution in [2.75, 3.05) is 14.1 Å². The molecular formula is C8H11BrN2S2. The smallest absolute Gasteiger partial charge is 0.168 e. The lowest BCUT2D eigenvalue weighted by Gasteiger charge is -2.18. The molecule has 0 unspecified atom stereocenters. The first-order chi connectivity index (χ1) is 6.13. The fourth-order valence-electron chi connectivity index (χ4n) is 0.965. The minimum atomic E-state index is 0.766. The third-order valence-electron chi connectivity index (χ3n) is 1.60. The lowest BCUT2D eigenvalue weighted by molar-refractivity contribution is 0.495. The Morgan fingerprint density at radius 2 is 2.46 bits per heavy atom. The number of thiocarbonyl (C=S) groups is 1. The molecule has 0 saturated heterocycles. The van der Waals surface area contributed by atoms with Gasteiger partial charge in [-0.15, -0.1) is 11.3 Å². The van der Waals surface area contributed by atoms with E-state index in [9.17, 15) is 0 Å². The maximum atomic E-state index is 5.09. The SMILES string of the molecule is CNC(=S)N(C)Cc1csc(Br)c1. The van der Waals surface area contributed by atoms with E-state index in [1.807, 2.05) is 19.0 Å². The highest BCUT2D eigenvalue weighted by Gasteiger charge is 2.04. The Bertz CT molecular complexity index is 298. The predicted molar refractivity (Wildman–Crippen MR) is 65.1 cm³/mol. The van der Waals surface area contributed by atoms with Crippen molar-refractivity contribution in [2.45, 2.75) is 6.54 Å². The summed E-state index contributed by atoms with van der Waals surface area (Å²) in [6.07, 6.45) is 0. The topological polar surface area (TPSA) is 15.3 Å². The maximum absolute atomic E-state index is 5.09. The van der Waals surface area contributed by atoms with Crippen LogP contribution in [0, 0.1) is 0 Å². The van der Waals surface area contributed by atoms with Crippen molar-refractivity contribution in [1.29, 1.82) is 0 Å². The Morgan fingerprint density at radius 1 is 1.77 bits per heavy atom. The number of rotatable bonds is 2. The van der Waals surface area contributed by atoms with Gasteiger partial charge in [-0.3, -0.25) is 0 Å². The van der Waals surface area contributed by atoms with Gasteiger partial charge in [-0.2, -0.15) is 0 Å². The molecule has 0 bridgehead atoms. The van der Waals surface area contributed by atoms with Gasteiger partial charge in [0.1, 0.15) is 0 Å². The fraction of sp³-hybridized carbons (Fsp3) is 0.375. The molecule has 0 radical (unpaired) electrons. The van der Waals surface area contributed by atoms with Crippen LogP contribution < -0.4 is 5.32 Å². The summed E-state index contributed by atoms with van der Waals surface area (Å²) in [5, 5.41) is 5.83. The molecule has 72 valence electrons. The molecule has 1 aromatic heterocycles. The van der Waals surface area contributed by atoms with Crippen molar-refractivity contribution in [3.05, 3.63) is 20.8 Å². The molecule has 0 aromatic carbocycles. The number of thiophene rings is 1. The molecule has 0 spiro atoms. The molecule has 0 saturated carbocycles. The average Bonchev–Trinajstić information content (AvgIpc) is 2.49. The van der Waals surface area contributed by atoms with Gasteiger partial charge in [0.15, 0.2) is 5.11 Å². The van der Waals surface area contributed by atoms with Gasteiger partial charge < -0.3 is 10.2 Å². The second-order valence-corrected chi connectivity index (χ2v) is 5.35. The summed E-state index contributed by atoms with van der Waals surface area (Å²) in [5.41, 5.74) is 1.27. The zero-order valence-electron chi connectivity index (χ0n) is 7.50. The van der Waals surface area contributed by atoms with E-state index in [0.29, 0.717) is 0 Å². The largest absolute Gasteiger partial charge is 0.366 e. The van der Waals surface area contributed by atoms with E-state index >= 15 is 0 Å². The van der Waals surface area contributed by atoms with Gasteiger partial charge >= 0.3 is 0 Å². The standard InChI is InChI=1S/C8H11BrN2S2/c1-10-8(12)11(2)4-6-3-7(9)13-5-6/h3,5H,4H2,1-2H3,(H,10,12). The Labute approximate surface area is 96.1 Å². The van der Waals surface area contributed by atoms with E-state index in [1.165, 1.54) is 5.56 Å². The molecule has 13 heavy (non-hydrogen) atoms. The molecule has 1 heterocycles. The van der Waals surface area contributed by atoms with Crippen LogP contribution in [0.4, 0.5) is 0 Å². The van der Waals surface area contributed by atoms with Crippen molar-refractivity contribution < 1.29 is 0 Å². The highest BCUT2D eigenvalue weighted by atomic mass is 79.9. The third-order valence-corrected chi connectivity index (χ3v) is 3.67. The summed E-state index contributed by atoms with van der Waals surface area (Å²) < 4.78 is 1.16.